The van der Waals surface area contributed by atoms with E-state index in [9.17, 15) is 13.9 Å². The van der Waals surface area contributed by atoms with Gasteiger partial charge in [-0.3, -0.25) is 4.90 Å². The van der Waals surface area contributed by atoms with E-state index >= 15 is 0 Å². The predicted molar refractivity (Wildman–Crippen MR) is 70.8 cm³/mol. The molecule has 0 amide bonds. The SMILES string of the molecule is OCc1ccc2c(c1)CN(CC[C@H]1CC1(F)F)CCO2. The van der Waals surface area contributed by atoms with Crippen LogP contribution in [-0.4, -0.2) is 35.6 Å². The van der Waals surface area contributed by atoms with Crippen LogP contribution >= 0.6 is 0 Å². The highest BCUT2D eigenvalue weighted by Crippen LogP contribution is 2.50. The first-order valence-corrected chi connectivity index (χ1v) is 7.04. The van der Waals surface area contributed by atoms with Gasteiger partial charge < -0.3 is 9.84 Å². The lowest BCUT2D eigenvalue weighted by Gasteiger charge is -2.19. The minimum atomic E-state index is -2.43. The second-order valence-corrected chi connectivity index (χ2v) is 5.68. The number of aliphatic hydroxyl groups excluding tert-OH is 1. The number of fused-ring (bicyclic) bond motifs is 1. The number of nitrogens with zero attached hydrogens (tertiary/aromatic N) is 1. The average molecular weight is 283 g/mol. The van der Waals surface area contributed by atoms with Gasteiger partial charge in [-0.05, 0) is 30.7 Å². The molecule has 110 valence electrons. The quantitative estimate of drug-likeness (QED) is 0.921. The first-order valence-electron chi connectivity index (χ1n) is 7.04. The van der Waals surface area contributed by atoms with Gasteiger partial charge in [0.05, 0.1) is 6.61 Å². The molecule has 0 saturated heterocycles. The van der Waals surface area contributed by atoms with Gasteiger partial charge in [-0.1, -0.05) is 6.07 Å². The monoisotopic (exact) mass is 283 g/mol. The van der Waals surface area contributed by atoms with Crippen LogP contribution in [0.4, 0.5) is 8.78 Å². The molecule has 3 rings (SSSR count). The Labute approximate surface area is 117 Å². The van der Waals surface area contributed by atoms with E-state index in [0.717, 1.165) is 23.4 Å². The van der Waals surface area contributed by atoms with E-state index in [0.29, 0.717) is 26.1 Å². The van der Waals surface area contributed by atoms with Crippen LogP contribution in [-0.2, 0) is 13.2 Å². The summed E-state index contributed by atoms with van der Waals surface area (Å²) < 4.78 is 31.5. The van der Waals surface area contributed by atoms with Gasteiger partial charge in [0.1, 0.15) is 12.4 Å². The van der Waals surface area contributed by atoms with Crippen molar-refractivity contribution in [1.29, 1.82) is 0 Å². The largest absolute Gasteiger partial charge is 0.492 e. The van der Waals surface area contributed by atoms with E-state index < -0.39 is 11.8 Å². The third-order valence-corrected chi connectivity index (χ3v) is 4.12. The maximum atomic E-state index is 12.9. The molecule has 0 bridgehead atoms. The van der Waals surface area contributed by atoms with Crippen LogP contribution in [0.3, 0.4) is 0 Å². The summed E-state index contributed by atoms with van der Waals surface area (Å²) in [6.07, 6.45) is 0.588. The summed E-state index contributed by atoms with van der Waals surface area (Å²) in [7, 11) is 0. The van der Waals surface area contributed by atoms with E-state index in [-0.39, 0.29) is 13.0 Å². The minimum absolute atomic E-state index is 0.00156. The Bertz CT molecular complexity index is 493. The van der Waals surface area contributed by atoms with Crippen molar-refractivity contribution in [2.45, 2.75) is 31.9 Å². The van der Waals surface area contributed by atoms with Crippen molar-refractivity contribution in [3.63, 3.8) is 0 Å². The molecule has 0 radical (unpaired) electrons. The fraction of sp³-hybridized carbons (Fsp3) is 0.600. The molecule has 1 aliphatic heterocycles. The molecule has 5 heteroatoms. The van der Waals surface area contributed by atoms with E-state index in [1.165, 1.54) is 0 Å². The number of alkyl halides is 2. The van der Waals surface area contributed by atoms with Gasteiger partial charge in [0.2, 0.25) is 0 Å². The Kier molecular flexibility index (Phi) is 3.65. The van der Waals surface area contributed by atoms with Gasteiger partial charge in [0, 0.05) is 31.0 Å². The molecule has 1 aliphatic carbocycles. The van der Waals surface area contributed by atoms with Crippen molar-refractivity contribution in [1.82, 2.24) is 4.90 Å². The fourth-order valence-electron chi connectivity index (χ4n) is 2.71. The van der Waals surface area contributed by atoms with Crippen LogP contribution in [0, 0.1) is 5.92 Å². The van der Waals surface area contributed by atoms with E-state index in [2.05, 4.69) is 4.90 Å². The Morgan fingerprint density at radius 1 is 1.40 bits per heavy atom. The summed E-state index contributed by atoms with van der Waals surface area (Å²) in [6, 6.07) is 5.65. The Hall–Kier alpha value is -1.20. The van der Waals surface area contributed by atoms with Gasteiger partial charge in [-0.2, -0.15) is 0 Å². The van der Waals surface area contributed by atoms with Crippen LogP contribution in [0.5, 0.6) is 5.75 Å². The van der Waals surface area contributed by atoms with Crippen LogP contribution in [0.2, 0.25) is 0 Å². The van der Waals surface area contributed by atoms with Crippen molar-refractivity contribution in [3.05, 3.63) is 29.3 Å². The standard InChI is InChI=1S/C15H19F2NO2/c16-15(17)8-13(15)3-4-18-5-6-20-14-2-1-11(10-19)7-12(14)9-18/h1-2,7,13,19H,3-6,8-10H2/t13-/m0/s1. The summed E-state index contributed by atoms with van der Waals surface area (Å²) in [6.45, 7) is 2.70. The zero-order valence-electron chi connectivity index (χ0n) is 11.3. The predicted octanol–water partition coefficient (Wildman–Crippen LogP) is 2.42. The number of rotatable bonds is 4. The molecule has 1 heterocycles. The molecule has 20 heavy (non-hydrogen) atoms. The number of hydrogen-bond acceptors (Lipinski definition) is 3. The van der Waals surface area contributed by atoms with Crippen LogP contribution in [0.25, 0.3) is 0 Å². The second-order valence-electron chi connectivity index (χ2n) is 5.68. The summed E-state index contributed by atoms with van der Waals surface area (Å²) in [5.41, 5.74) is 1.87. The summed E-state index contributed by atoms with van der Waals surface area (Å²) >= 11 is 0. The van der Waals surface area contributed by atoms with Gasteiger partial charge in [-0.15, -0.1) is 0 Å². The lowest BCUT2D eigenvalue weighted by molar-refractivity contribution is 0.0930. The van der Waals surface area contributed by atoms with Crippen molar-refractivity contribution >= 4 is 0 Å². The molecule has 1 atom stereocenters. The zero-order valence-corrected chi connectivity index (χ0v) is 11.3. The van der Waals surface area contributed by atoms with Gasteiger partial charge in [0.15, 0.2) is 0 Å². The molecule has 1 aromatic carbocycles. The van der Waals surface area contributed by atoms with E-state index in [1.54, 1.807) is 0 Å². The summed E-state index contributed by atoms with van der Waals surface area (Å²) in [5, 5.41) is 9.18. The molecule has 0 aromatic heterocycles. The number of hydrogen-bond donors (Lipinski definition) is 1. The van der Waals surface area contributed by atoms with Crippen LogP contribution in [0.15, 0.2) is 18.2 Å². The third kappa shape index (κ3) is 2.94. The molecule has 1 fully saturated rings. The molecule has 1 aromatic rings. The average Bonchev–Trinajstić information content (AvgIpc) is 3.09. The maximum Gasteiger partial charge on any atom is 0.251 e. The van der Waals surface area contributed by atoms with Crippen LogP contribution < -0.4 is 4.74 Å². The highest BCUT2D eigenvalue weighted by molar-refractivity contribution is 5.37. The normalized spacial score (nSPS) is 24.6. The van der Waals surface area contributed by atoms with E-state index in [1.807, 2.05) is 18.2 Å². The first kappa shape index (κ1) is 13.8. The molecule has 3 nitrogen and oxygen atoms in total. The summed E-state index contributed by atoms with van der Waals surface area (Å²) in [5.74, 6) is -2.03. The lowest BCUT2D eigenvalue weighted by atomic mass is 10.1. The molecule has 1 N–H and O–H groups in total. The highest BCUT2D eigenvalue weighted by Gasteiger charge is 2.56. The topological polar surface area (TPSA) is 32.7 Å². The molecule has 2 aliphatic rings. The molecule has 0 unspecified atom stereocenters. The number of benzene rings is 1. The third-order valence-electron chi connectivity index (χ3n) is 4.12. The number of halogens is 2. The van der Waals surface area contributed by atoms with Crippen LogP contribution in [0.1, 0.15) is 24.0 Å². The molecule has 1 saturated carbocycles. The maximum absolute atomic E-state index is 12.9. The molecule has 0 spiro atoms. The second kappa shape index (κ2) is 5.30. The van der Waals surface area contributed by atoms with Crippen molar-refractivity contribution < 1.29 is 18.6 Å². The Balaban J connectivity index is 1.63. The first-order chi connectivity index (χ1) is 9.58. The molecular formula is C15H19F2NO2. The smallest absolute Gasteiger partial charge is 0.251 e. The number of ether oxygens (including phenoxy) is 1. The lowest BCUT2D eigenvalue weighted by Crippen LogP contribution is -2.27. The van der Waals surface area contributed by atoms with Crippen molar-refractivity contribution in [2.75, 3.05) is 19.7 Å². The highest BCUT2D eigenvalue weighted by atomic mass is 19.3. The zero-order chi connectivity index (χ0) is 14.2. The van der Waals surface area contributed by atoms with Crippen molar-refractivity contribution in [3.8, 4) is 5.75 Å². The van der Waals surface area contributed by atoms with E-state index in [4.69, 9.17) is 4.74 Å². The summed E-state index contributed by atoms with van der Waals surface area (Å²) in [4.78, 5) is 2.15. The molecular weight excluding hydrogens is 264 g/mol. The van der Waals surface area contributed by atoms with Gasteiger partial charge >= 0.3 is 0 Å². The van der Waals surface area contributed by atoms with Gasteiger partial charge in [-0.25, -0.2) is 8.78 Å². The fourth-order valence-corrected chi connectivity index (χ4v) is 2.71. The Morgan fingerprint density at radius 3 is 2.90 bits per heavy atom. The number of aliphatic hydroxyl groups is 1. The Morgan fingerprint density at radius 2 is 2.20 bits per heavy atom. The van der Waals surface area contributed by atoms with Gasteiger partial charge in [0.25, 0.3) is 5.92 Å². The minimum Gasteiger partial charge on any atom is -0.492 e. The van der Waals surface area contributed by atoms with Crippen molar-refractivity contribution in [2.24, 2.45) is 5.92 Å².